The van der Waals surface area contributed by atoms with Gasteiger partial charge in [0.25, 0.3) is 0 Å². The lowest BCUT2D eigenvalue weighted by molar-refractivity contribution is 0.101. The van der Waals surface area contributed by atoms with Gasteiger partial charge >= 0.3 is 0 Å². The van der Waals surface area contributed by atoms with E-state index in [-0.39, 0.29) is 5.78 Å². The summed E-state index contributed by atoms with van der Waals surface area (Å²) < 4.78 is 24.3. The third-order valence-electron chi connectivity index (χ3n) is 3.20. The molecule has 3 aromatic rings. The molecule has 0 aliphatic rings. The summed E-state index contributed by atoms with van der Waals surface area (Å²) in [6, 6.07) is 23.3. The van der Waals surface area contributed by atoms with Gasteiger partial charge < -0.3 is 0 Å². The molecule has 0 N–H and O–H groups in total. The lowest BCUT2D eigenvalue weighted by Gasteiger charge is -1.91. The molecule has 1 nitrogen and oxygen atoms in total. The first-order valence-electron chi connectivity index (χ1n) is 7.89. The zero-order valence-electron chi connectivity index (χ0n) is 14.7. The van der Waals surface area contributed by atoms with Crippen LogP contribution in [-0.2, 0) is 0 Å². The predicted molar refractivity (Wildman–Crippen MR) is 98.7 cm³/mol. The van der Waals surface area contributed by atoms with Crippen LogP contribution in [0.5, 0.6) is 0 Å². The van der Waals surface area contributed by atoms with Gasteiger partial charge in [0.05, 0.1) is 0 Å². The van der Waals surface area contributed by atoms with Crippen molar-refractivity contribution in [2.45, 2.75) is 20.8 Å². The van der Waals surface area contributed by atoms with Crippen LogP contribution in [0.4, 0.5) is 8.78 Å². The van der Waals surface area contributed by atoms with E-state index in [0.717, 1.165) is 23.3 Å². The Balaban J connectivity index is 0.000000189. The van der Waals surface area contributed by atoms with E-state index in [9.17, 15) is 13.6 Å². The summed E-state index contributed by atoms with van der Waals surface area (Å²) in [4.78, 5) is 10.6. The van der Waals surface area contributed by atoms with Crippen LogP contribution in [0.15, 0.2) is 78.9 Å². The molecule has 3 rings (SSSR count). The highest BCUT2D eigenvalue weighted by atomic mass is 19.2. The molecule has 0 aliphatic carbocycles. The monoisotopic (exact) mass is 340 g/mol. The van der Waals surface area contributed by atoms with E-state index >= 15 is 0 Å². The minimum Gasteiger partial charge on any atom is -0.295 e. The third-order valence-corrected chi connectivity index (χ3v) is 3.20. The van der Waals surface area contributed by atoms with Crippen molar-refractivity contribution in [2.24, 2.45) is 0 Å². The minimum absolute atomic E-state index is 0.121. The molecule has 0 amide bonds. The lowest BCUT2D eigenvalue weighted by Crippen LogP contribution is -1.88. The zero-order valence-corrected chi connectivity index (χ0v) is 14.7. The second-order valence-electron chi connectivity index (χ2n) is 5.49. The fraction of sp³-hybridized carbons (Fsp3) is 0.136. The largest absolute Gasteiger partial charge is 0.295 e. The minimum atomic E-state index is -0.791. The SMILES string of the molecule is CC(=O)c1ccccc1.Cc1ccc(F)c(F)c1.Cc1ccccc1. The average Bonchev–Trinajstić information content (AvgIpc) is 2.61. The predicted octanol–water partition coefficient (Wildman–Crippen LogP) is 6.16. The van der Waals surface area contributed by atoms with Gasteiger partial charge in [-0.1, -0.05) is 72.3 Å². The summed E-state index contributed by atoms with van der Waals surface area (Å²) >= 11 is 0. The van der Waals surface area contributed by atoms with Crippen LogP contribution in [0.1, 0.15) is 28.4 Å². The van der Waals surface area contributed by atoms with E-state index in [2.05, 4.69) is 19.1 Å². The Bertz CT molecular complexity index is 769. The molecule has 130 valence electrons. The van der Waals surface area contributed by atoms with E-state index in [1.807, 2.05) is 48.5 Å². The maximum absolute atomic E-state index is 12.2. The molecule has 0 heterocycles. The van der Waals surface area contributed by atoms with Gasteiger partial charge in [-0.15, -0.1) is 0 Å². The first-order chi connectivity index (χ1) is 11.9. The number of ketones is 1. The zero-order chi connectivity index (χ0) is 18.7. The highest BCUT2D eigenvalue weighted by Gasteiger charge is 1.97. The van der Waals surface area contributed by atoms with Gasteiger partial charge in [-0.25, -0.2) is 8.78 Å². The highest BCUT2D eigenvalue weighted by molar-refractivity contribution is 5.93. The quantitative estimate of drug-likeness (QED) is 0.485. The van der Waals surface area contributed by atoms with Gasteiger partial charge in [0.2, 0.25) is 0 Å². The Labute approximate surface area is 148 Å². The van der Waals surface area contributed by atoms with Gasteiger partial charge in [0.1, 0.15) is 0 Å². The summed E-state index contributed by atoms with van der Waals surface area (Å²) in [5.74, 6) is -1.45. The molecule has 0 unspecified atom stereocenters. The Morgan fingerprint density at radius 1 is 0.680 bits per heavy atom. The number of rotatable bonds is 1. The van der Waals surface area contributed by atoms with Crippen molar-refractivity contribution in [1.82, 2.24) is 0 Å². The molecule has 0 radical (unpaired) electrons. The van der Waals surface area contributed by atoms with Crippen molar-refractivity contribution in [1.29, 1.82) is 0 Å². The smallest absolute Gasteiger partial charge is 0.159 e. The second kappa shape index (κ2) is 10.9. The third kappa shape index (κ3) is 8.56. The Morgan fingerprint density at radius 2 is 1.20 bits per heavy atom. The molecule has 0 bridgehead atoms. The molecule has 3 aromatic carbocycles. The molecular weight excluding hydrogens is 318 g/mol. The molecule has 0 aromatic heterocycles. The van der Waals surface area contributed by atoms with E-state index in [1.54, 1.807) is 13.8 Å². The van der Waals surface area contributed by atoms with E-state index in [4.69, 9.17) is 0 Å². The normalized spacial score (nSPS) is 9.16. The van der Waals surface area contributed by atoms with Crippen LogP contribution in [0.3, 0.4) is 0 Å². The van der Waals surface area contributed by atoms with Crippen molar-refractivity contribution < 1.29 is 13.6 Å². The van der Waals surface area contributed by atoms with Crippen LogP contribution in [-0.4, -0.2) is 5.78 Å². The molecule has 3 heteroatoms. The Morgan fingerprint density at radius 3 is 1.52 bits per heavy atom. The van der Waals surface area contributed by atoms with Crippen molar-refractivity contribution in [2.75, 3.05) is 0 Å². The molecule has 0 saturated heterocycles. The maximum Gasteiger partial charge on any atom is 0.159 e. The molecule has 0 atom stereocenters. The van der Waals surface area contributed by atoms with Gasteiger partial charge in [-0.2, -0.15) is 0 Å². The van der Waals surface area contributed by atoms with Gasteiger partial charge in [0.15, 0.2) is 17.4 Å². The van der Waals surface area contributed by atoms with E-state index in [1.165, 1.54) is 11.6 Å². The van der Waals surface area contributed by atoms with Crippen molar-refractivity contribution in [3.63, 3.8) is 0 Å². The fourth-order valence-corrected chi connectivity index (χ4v) is 1.81. The van der Waals surface area contributed by atoms with Crippen LogP contribution in [0.25, 0.3) is 0 Å². The van der Waals surface area contributed by atoms with Crippen molar-refractivity contribution >= 4 is 5.78 Å². The molecule has 0 spiro atoms. The first kappa shape index (κ1) is 20.2. The van der Waals surface area contributed by atoms with Crippen LogP contribution < -0.4 is 0 Å². The number of carbonyl (C=O) groups excluding carboxylic acids is 1. The topological polar surface area (TPSA) is 17.1 Å². The summed E-state index contributed by atoms with van der Waals surface area (Å²) in [7, 11) is 0. The molecule has 0 saturated carbocycles. The number of hydrogen-bond acceptors (Lipinski definition) is 1. The number of aryl methyl sites for hydroxylation is 2. The summed E-state index contributed by atoms with van der Waals surface area (Å²) in [6.45, 7) is 5.36. The van der Waals surface area contributed by atoms with Crippen LogP contribution in [0.2, 0.25) is 0 Å². The Kier molecular flexibility index (Phi) is 8.80. The number of carbonyl (C=O) groups is 1. The average molecular weight is 340 g/mol. The van der Waals surface area contributed by atoms with Crippen LogP contribution in [0, 0.1) is 25.5 Å². The standard InChI is InChI=1S/C8H8O.C7H6F2.C7H8/c1-7(9)8-5-3-2-4-6-8;1-5-2-3-6(8)7(9)4-5;1-7-5-3-2-4-6-7/h2-6H,1H3;2-4H,1H3;2-6H,1H3. The molecule has 0 aliphatic heterocycles. The maximum atomic E-state index is 12.2. The van der Waals surface area contributed by atoms with Gasteiger partial charge in [-0.05, 0) is 38.5 Å². The molecule has 25 heavy (non-hydrogen) atoms. The van der Waals surface area contributed by atoms with Gasteiger partial charge in [-0.3, -0.25) is 4.79 Å². The Hall–Kier alpha value is -2.81. The molecule has 0 fully saturated rings. The summed E-state index contributed by atoms with van der Waals surface area (Å²) in [5, 5.41) is 0. The number of benzene rings is 3. The van der Waals surface area contributed by atoms with E-state index in [0.29, 0.717) is 0 Å². The van der Waals surface area contributed by atoms with Crippen molar-refractivity contribution in [3.8, 4) is 0 Å². The molecular formula is C22H22F2O. The van der Waals surface area contributed by atoms with Crippen LogP contribution >= 0.6 is 0 Å². The second-order valence-corrected chi connectivity index (χ2v) is 5.49. The van der Waals surface area contributed by atoms with Crippen molar-refractivity contribution in [3.05, 3.63) is 107 Å². The number of Topliss-reactive ketones (excluding diaryl/α,β-unsaturated/α-hetero) is 1. The highest BCUT2D eigenvalue weighted by Crippen LogP contribution is 2.06. The van der Waals surface area contributed by atoms with Gasteiger partial charge in [0, 0.05) is 5.56 Å². The summed E-state index contributed by atoms with van der Waals surface area (Å²) in [5.41, 5.74) is 2.83. The lowest BCUT2D eigenvalue weighted by atomic mass is 10.2. The number of halogens is 2. The number of hydrogen-bond donors (Lipinski definition) is 0. The summed E-state index contributed by atoms with van der Waals surface area (Å²) in [6.07, 6.45) is 0. The van der Waals surface area contributed by atoms with E-state index < -0.39 is 11.6 Å². The first-order valence-corrected chi connectivity index (χ1v) is 7.89. The fourth-order valence-electron chi connectivity index (χ4n) is 1.81.